The van der Waals surface area contributed by atoms with E-state index >= 15 is 0 Å². The van der Waals surface area contributed by atoms with Gasteiger partial charge in [0.25, 0.3) is 0 Å². The molecule has 0 aliphatic rings. The number of hydrogen-bond acceptors (Lipinski definition) is 4. The molecule has 0 unspecified atom stereocenters. The number of halogens is 1. The largest absolute Gasteiger partial charge is 0.465 e. The molecule has 4 rings (SSSR count). The average molecular weight is 475 g/mol. The molecule has 2 heterocycles. The standard InChI is InChI=1S/C14H13NO2.C12H10BrN/c1-4-10-7-9(2)13-12(8-10)11(5-6-15-13)14(16)17-3;1-3-9-6-8(2)12-10(7-9)11(13)4-5-14-12/h4-8H,1H2,2-3H3;3-7H,1H2,2H3. The van der Waals surface area contributed by atoms with E-state index in [2.05, 4.69) is 58.1 Å². The van der Waals surface area contributed by atoms with Crippen LogP contribution in [0.25, 0.3) is 34.0 Å². The zero-order chi connectivity index (χ0) is 22.5. The van der Waals surface area contributed by atoms with Crippen LogP contribution in [0.1, 0.15) is 32.6 Å². The molecule has 31 heavy (non-hydrogen) atoms. The number of fused-ring (bicyclic) bond motifs is 2. The number of methoxy groups -OCH3 is 1. The van der Waals surface area contributed by atoms with Gasteiger partial charge in [0.2, 0.25) is 0 Å². The number of carbonyl (C=O) groups excluding carboxylic acids is 1. The number of esters is 1. The van der Waals surface area contributed by atoms with Gasteiger partial charge in [0, 0.05) is 27.6 Å². The van der Waals surface area contributed by atoms with Gasteiger partial charge < -0.3 is 4.74 Å². The summed E-state index contributed by atoms with van der Waals surface area (Å²) in [5.41, 5.74) is 6.69. The first-order valence-electron chi connectivity index (χ1n) is 9.67. The lowest BCUT2D eigenvalue weighted by Gasteiger charge is -2.07. The highest BCUT2D eigenvalue weighted by atomic mass is 79.9. The summed E-state index contributed by atoms with van der Waals surface area (Å²) in [6.07, 6.45) is 7.04. The molecule has 2 aromatic heterocycles. The molecule has 4 nitrogen and oxygen atoms in total. The molecule has 0 aliphatic carbocycles. The smallest absolute Gasteiger partial charge is 0.338 e. The molecule has 156 valence electrons. The van der Waals surface area contributed by atoms with Gasteiger partial charge in [0.15, 0.2) is 0 Å². The number of ether oxygens (including phenoxy) is 1. The van der Waals surface area contributed by atoms with Crippen LogP contribution in [0.15, 0.2) is 66.4 Å². The van der Waals surface area contributed by atoms with Crippen molar-refractivity contribution < 1.29 is 9.53 Å². The molecular formula is C26H23BrN2O2. The number of hydrogen-bond donors (Lipinski definition) is 0. The van der Waals surface area contributed by atoms with E-state index in [9.17, 15) is 4.79 Å². The summed E-state index contributed by atoms with van der Waals surface area (Å²) in [5, 5.41) is 1.94. The molecule has 0 aliphatic heterocycles. The van der Waals surface area contributed by atoms with E-state index in [0.29, 0.717) is 5.56 Å². The molecule has 4 aromatic rings. The maximum Gasteiger partial charge on any atom is 0.338 e. The molecule has 2 aromatic carbocycles. The Balaban J connectivity index is 0.000000179. The predicted octanol–water partition coefficient (Wildman–Crippen LogP) is 6.92. The van der Waals surface area contributed by atoms with Crippen molar-refractivity contribution in [1.29, 1.82) is 0 Å². The highest BCUT2D eigenvalue weighted by Crippen LogP contribution is 2.26. The number of carbonyl (C=O) groups is 1. The third kappa shape index (κ3) is 4.72. The van der Waals surface area contributed by atoms with E-state index in [1.807, 2.05) is 37.4 Å². The summed E-state index contributed by atoms with van der Waals surface area (Å²) >= 11 is 3.52. The van der Waals surface area contributed by atoms with E-state index in [4.69, 9.17) is 4.74 Å². The zero-order valence-electron chi connectivity index (χ0n) is 17.8. The summed E-state index contributed by atoms with van der Waals surface area (Å²) in [5.74, 6) is -0.349. The fraction of sp³-hybridized carbons (Fsp3) is 0.115. The van der Waals surface area contributed by atoms with Crippen LogP contribution < -0.4 is 0 Å². The Morgan fingerprint density at radius 1 is 0.903 bits per heavy atom. The van der Waals surface area contributed by atoms with E-state index in [0.717, 1.165) is 43.0 Å². The Labute approximate surface area is 190 Å². The Morgan fingerprint density at radius 2 is 1.42 bits per heavy atom. The van der Waals surface area contributed by atoms with Crippen LogP contribution in [0.5, 0.6) is 0 Å². The van der Waals surface area contributed by atoms with Crippen molar-refractivity contribution in [2.24, 2.45) is 0 Å². The number of rotatable bonds is 3. The van der Waals surface area contributed by atoms with Crippen molar-refractivity contribution in [2.75, 3.05) is 7.11 Å². The van der Waals surface area contributed by atoms with Gasteiger partial charge in [0.05, 0.1) is 23.7 Å². The molecular weight excluding hydrogens is 452 g/mol. The van der Waals surface area contributed by atoms with Gasteiger partial charge in [-0.05, 0) is 72.5 Å². The summed E-state index contributed by atoms with van der Waals surface area (Å²) < 4.78 is 5.84. The Kier molecular flexibility index (Phi) is 6.98. The van der Waals surface area contributed by atoms with Gasteiger partial charge in [-0.2, -0.15) is 0 Å². The van der Waals surface area contributed by atoms with Gasteiger partial charge >= 0.3 is 5.97 Å². The van der Waals surface area contributed by atoms with Crippen molar-refractivity contribution in [3.8, 4) is 0 Å². The number of aromatic nitrogens is 2. The number of nitrogens with zero attached hydrogens (tertiary/aromatic N) is 2. The first-order valence-corrected chi connectivity index (χ1v) is 10.5. The molecule has 0 fully saturated rings. The first kappa shape index (κ1) is 22.4. The lowest BCUT2D eigenvalue weighted by molar-refractivity contribution is 0.0603. The third-order valence-electron chi connectivity index (χ3n) is 4.94. The van der Waals surface area contributed by atoms with Crippen molar-refractivity contribution in [1.82, 2.24) is 9.97 Å². The van der Waals surface area contributed by atoms with Crippen molar-refractivity contribution in [3.63, 3.8) is 0 Å². The fourth-order valence-corrected chi connectivity index (χ4v) is 3.83. The minimum Gasteiger partial charge on any atom is -0.465 e. The maximum atomic E-state index is 11.7. The Morgan fingerprint density at radius 3 is 1.97 bits per heavy atom. The minimum atomic E-state index is -0.349. The zero-order valence-corrected chi connectivity index (χ0v) is 19.4. The van der Waals surface area contributed by atoms with E-state index in [-0.39, 0.29) is 5.97 Å². The average Bonchev–Trinajstić information content (AvgIpc) is 2.79. The molecule has 0 amide bonds. The molecule has 0 N–H and O–H groups in total. The summed E-state index contributed by atoms with van der Waals surface area (Å²) in [6.45, 7) is 11.5. The second-order valence-electron chi connectivity index (χ2n) is 7.02. The summed E-state index contributed by atoms with van der Waals surface area (Å²) in [6, 6.07) is 11.7. The fourth-order valence-electron chi connectivity index (χ4n) is 3.41. The monoisotopic (exact) mass is 474 g/mol. The summed E-state index contributed by atoms with van der Waals surface area (Å²) in [4.78, 5) is 20.3. The van der Waals surface area contributed by atoms with Crippen LogP contribution in [-0.4, -0.2) is 23.0 Å². The van der Waals surface area contributed by atoms with Crippen LogP contribution in [0.3, 0.4) is 0 Å². The van der Waals surface area contributed by atoms with E-state index in [1.54, 1.807) is 18.3 Å². The van der Waals surface area contributed by atoms with Gasteiger partial charge in [-0.25, -0.2) is 4.79 Å². The molecule has 0 saturated heterocycles. The second-order valence-corrected chi connectivity index (χ2v) is 7.87. The first-order chi connectivity index (χ1) is 14.9. The van der Waals surface area contributed by atoms with Crippen molar-refractivity contribution in [3.05, 3.63) is 94.2 Å². The SMILES string of the molecule is C=Cc1cc(C)c2nccc(Br)c2c1.C=Cc1cc(C)c2nccc(C(=O)OC)c2c1. The van der Waals surface area contributed by atoms with Crippen LogP contribution in [0.4, 0.5) is 0 Å². The van der Waals surface area contributed by atoms with Crippen molar-refractivity contribution >= 4 is 55.9 Å². The number of benzene rings is 2. The van der Waals surface area contributed by atoms with Crippen molar-refractivity contribution in [2.45, 2.75) is 13.8 Å². The molecule has 5 heteroatoms. The normalized spacial score (nSPS) is 10.3. The molecule has 0 radical (unpaired) electrons. The van der Waals surface area contributed by atoms with E-state index in [1.165, 1.54) is 12.7 Å². The second kappa shape index (κ2) is 9.67. The van der Waals surface area contributed by atoms with E-state index < -0.39 is 0 Å². The van der Waals surface area contributed by atoms with Gasteiger partial charge in [-0.1, -0.05) is 41.2 Å². The lowest BCUT2D eigenvalue weighted by atomic mass is 10.0. The van der Waals surface area contributed by atoms with Crippen LogP contribution >= 0.6 is 15.9 Å². The predicted molar refractivity (Wildman–Crippen MR) is 132 cm³/mol. The molecule has 0 spiro atoms. The Hall–Kier alpha value is -3.31. The molecule has 0 saturated carbocycles. The highest BCUT2D eigenvalue weighted by molar-refractivity contribution is 9.10. The van der Waals surface area contributed by atoms with Gasteiger partial charge in [-0.3, -0.25) is 9.97 Å². The number of pyridine rings is 2. The topological polar surface area (TPSA) is 52.1 Å². The third-order valence-corrected chi connectivity index (χ3v) is 5.63. The van der Waals surface area contributed by atoms with Gasteiger partial charge in [-0.15, -0.1) is 0 Å². The summed E-state index contributed by atoms with van der Waals surface area (Å²) in [7, 11) is 1.37. The highest BCUT2D eigenvalue weighted by Gasteiger charge is 2.12. The van der Waals surface area contributed by atoms with Crippen LogP contribution in [0, 0.1) is 13.8 Å². The quantitative estimate of drug-likeness (QED) is 0.302. The van der Waals surface area contributed by atoms with Crippen LogP contribution in [0.2, 0.25) is 0 Å². The molecule has 0 atom stereocenters. The number of aryl methyl sites for hydroxylation is 2. The van der Waals surface area contributed by atoms with Crippen LogP contribution in [-0.2, 0) is 4.74 Å². The lowest BCUT2D eigenvalue weighted by Crippen LogP contribution is -2.03. The minimum absolute atomic E-state index is 0.349. The maximum absolute atomic E-state index is 11.7. The molecule has 0 bridgehead atoms. The Bertz CT molecular complexity index is 1310. The van der Waals surface area contributed by atoms with Gasteiger partial charge in [0.1, 0.15) is 0 Å².